The Hall–Kier alpha value is -2.41. The number of aromatic nitrogens is 4. The van der Waals surface area contributed by atoms with Gasteiger partial charge in [0.15, 0.2) is 4.77 Å². The Balaban J connectivity index is 2.28. The van der Waals surface area contributed by atoms with Gasteiger partial charge in [0.25, 0.3) is 0 Å². The van der Waals surface area contributed by atoms with Gasteiger partial charge in [-0.2, -0.15) is 0 Å². The van der Waals surface area contributed by atoms with Crippen molar-refractivity contribution in [1.82, 2.24) is 19.2 Å². The van der Waals surface area contributed by atoms with Crippen molar-refractivity contribution in [2.45, 2.75) is 0 Å². The fraction of sp³-hybridized carbons (Fsp3) is 0.0833. The van der Waals surface area contributed by atoms with Gasteiger partial charge in [-0.05, 0) is 24.4 Å². The molecular weight excluding hydrogens is 264 g/mol. The lowest BCUT2D eigenvalue weighted by Crippen LogP contribution is -2.20. The monoisotopic (exact) mass is 274 g/mol. The Morgan fingerprint density at radius 2 is 2.21 bits per heavy atom. The first-order valence-electron chi connectivity index (χ1n) is 5.53. The van der Waals surface area contributed by atoms with Gasteiger partial charge in [-0.1, -0.05) is 6.07 Å². The maximum Gasteiger partial charge on any atom is 0.300 e. The predicted molar refractivity (Wildman–Crippen MR) is 72.5 cm³/mol. The third kappa shape index (κ3) is 1.84. The second-order valence-corrected chi connectivity index (χ2v) is 4.28. The molecule has 0 spiro atoms. The van der Waals surface area contributed by atoms with E-state index in [-0.39, 0.29) is 11.2 Å². The second kappa shape index (κ2) is 4.36. The number of benzene rings is 1. The predicted octanol–water partition coefficient (Wildman–Crippen LogP) is 1.55. The minimum absolute atomic E-state index is 0.247. The molecule has 7 heteroatoms. The van der Waals surface area contributed by atoms with E-state index in [0.717, 1.165) is 0 Å². The van der Waals surface area contributed by atoms with Crippen LogP contribution < -0.4 is 10.3 Å². The highest BCUT2D eigenvalue weighted by Gasteiger charge is 2.07. The van der Waals surface area contributed by atoms with E-state index < -0.39 is 0 Å². The van der Waals surface area contributed by atoms with Crippen LogP contribution in [0.2, 0.25) is 0 Å². The third-order valence-electron chi connectivity index (χ3n) is 2.81. The highest BCUT2D eigenvalue weighted by Crippen LogP contribution is 2.15. The van der Waals surface area contributed by atoms with E-state index in [2.05, 4.69) is 10.2 Å². The van der Waals surface area contributed by atoms with E-state index in [1.54, 1.807) is 25.6 Å². The van der Waals surface area contributed by atoms with E-state index >= 15 is 0 Å². The smallest absolute Gasteiger partial charge is 0.300 e. The van der Waals surface area contributed by atoms with Crippen LogP contribution in [-0.4, -0.2) is 26.3 Å². The van der Waals surface area contributed by atoms with Crippen molar-refractivity contribution >= 4 is 17.9 Å². The topological polar surface area (TPSA) is 64.3 Å². The number of hydrogen-bond donors (Lipinski definition) is 1. The zero-order valence-electron chi connectivity index (χ0n) is 10.0. The molecule has 0 atom stereocenters. The summed E-state index contributed by atoms with van der Waals surface area (Å²) >= 11 is 5.02. The Labute approximate surface area is 112 Å². The molecule has 0 amide bonds. The first-order chi connectivity index (χ1) is 9.20. The van der Waals surface area contributed by atoms with Crippen LogP contribution in [0.5, 0.6) is 5.75 Å². The molecule has 6 nitrogen and oxygen atoms in total. The SMILES string of the molecule is COc1cccc(-n2ccn3c(=S)[nH]nc3c2=O)c1. The van der Waals surface area contributed by atoms with Gasteiger partial charge >= 0.3 is 5.56 Å². The lowest BCUT2D eigenvalue weighted by atomic mass is 10.3. The molecule has 3 aromatic rings. The molecule has 96 valence electrons. The van der Waals surface area contributed by atoms with Gasteiger partial charge in [-0.3, -0.25) is 18.9 Å². The number of fused-ring (bicyclic) bond motifs is 1. The van der Waals surface area contributed by atoms with Crippen LogP contribution in [0.25, 0.3) is 11.3 Å². The van der Waals surface area contributed by atoms with Gasteiger partial charge < -0.3 is 4.74 Å². The van der Waals surface area contributed by atoms with Crippen molar-refractivity contribution in [1.29, 1.82) is 0 Å². The molecule has 0 saturated carbocycles. The fourth-order valence-electron chi connectivity index (χ4n) is 1.87. The normalized spacial score (nSPS) is 10.8. The summed E-state index contributed by atoms with van der Waals surface area (Å²) in [6.07, 6.45) is 3.34. The van der Waals surface area contributed by atoms with Gasteiger partial charge in [0, 0.05) is 18.5 Å². The maximum absolute atomic E-state index is 12.3. The molecule has 0 aliphatic carbocycles. The molecule has 0 bridgehead atoms. The van der Waals surface area contributed by atoms with Crippen molar-refractivity contribution in [2.24, 2.45) is 0 Å². The standard InChI is InChI=1S/C12H10N4O2S/c1-18-9-4-2-3-8(7-9)15-5-6-16-10(11(15)17)13-14-12(16)19/h2-7H,1H3,(H,14,19). The number of hydrogen-bond acceptors (Lipinski definition) is 4. The summed E-state index contributed by atoms with van der Waals surface area (Å²) in [5.41, 5.74) is 0.721. The summed E-state index contributed by atoms with van der Waals surface area (Å²) in [6, 6.07) is 7.24. The molecular formula is C12H10N4O2S. The molecule has 1 aromatic carbocycles. The molecule has 0 aliphatic heterocycles. The largest absolute Gasteiger partial charge is 0.497 e. The van der Waals surface area contributed by atoms with Crippen LogP contribution >= 0.6 is 12.2 Å². The second-order valence-electron chi connectivity index (χ2n) is 3.90. The number of rotatable bonds is 2. The summed E-state index contributed by atoms with van der Waals surface area (Å²) in [4.78, 5) is 12.3. The number of aromatic amines is 1. The molecule has 3 rings (SSSR count). The lowest BCUT2D eigenvalue weighted by molar-refractivity contribution is 0.414. The zero-order chi connectivity index (χ0) is 13.4. The lowest BCUT2D eigenvalue weighted by Gasteiger charge is -2.07. The van der Waals surface area contributed by atoms with Crippen LogP contribution in [0.4, 0.5) is 0 Å². The highest BCUT2D eigenvalue weighted by atomic mass is 32.1. The molecule has 0 unspecified atom stereocenters. The van der Waals surface area contributed by atoms with Crippen LogP contribution in [0.3, 0.4) is 0 Å². The Morgan fingerprint density at radius 1 is 1.37 bits per heavy atom. The number of methoxy groups -OCH3 is 1. The first kappa shape index (κ1) is 11.7. The van der Waals surface area contributed by atoms with Crippen LogP contribution in [0.15, 0.2) is 41.5 Å². The number of nitrogens with zero attached hydrogens (tertiary/aromatic N) is 3. The summed E-state index contributed by atoms with van der Waals surface area (Å²) < 4.78 is 8.57. The average molecular weight is 274 g/mol. The van der Waals surface area contributed by atoms with E-state index in [4.69, 9.17) is 17.0 Å². The van der Waals surface area contributed by atoms with E-state index in [1.807, 2.05) is 18.2 Å². The Bertz CT molecular complexity index is 862. The summed E-state index contributed by atoms with van der Waals surface area (Å²) in [5, 5.41) is 6.52. The van der Waals surface area contributed by atoms with Gasteiger partial charge in [0.1, 0.15) is 5.75 Å². The van der Waals surface area contributed by atoms with Crippen molar-refractivity contribution < 1.29 is 4.74 Å². The number of nitrogens with one attached hydrogen (secondary N) is 1. The van der Waals surface area contributed by atoms with Crippen molar-refractivity contribution in [3.05, 3.63) is 51.8 Å². The van der Waals surface area contributed by atoms with Crippen molar-refractivity contribution in [2.75, 3.05) is 7.11 Å². The fourth-order valence-corrected chi connectivity index (χ4v) is 2.06. The number of ether oxygens (including phenoxy) is 1. The highest BCUT2D eigenvalue weighted by molar-refractivity contribution is 7.71. The van der Waals surface area contributed by atoms with E-state index in [0.29, 0.717) is 16.2 Å². The Morgan fingerprint density at radius 3 is 3.00 bits per heavy atom. The zero-order valence-corrected chi connectivity index (χ0v) is 10.8. The number of H-pyrrole nitrogens is 1. The van der Waals surface area contributed by atoms with Gasteiger partial charge in [0.2, 0.25) is 5.65 Å². The van der Waals surface area contributed by atoms with Crippen LogP contribution in [-0.2, 0) is 0 Å². The summed E-state index contributed by atoms with van der Waals surface area (Å²) in [7, 11) is 1.58. The average Bonchev–Trinajstić information content (AvgIpc) is 2.82. The van der Waals surface area contributed by atoms with Gasteiger partial charge in [-0.15, -0.1) is 5.10 Å². The Kier molecular flexibility index (Phi) is 2.68. The molecule has 2 heterocycles. The third-order valence-corrected chi connectivity index (χ3v) is 3.10. The molecule has 0 aliphatic rings. The molecule has 2 aromatic heterocycles. The first-order valence-corrected chi connectivity index (χ1v) is 5.94. The summed E-state index contributed by atoms with van der Waals surface area (Å²) in [6.45, 7) is 0. The molecule has 19 heavy (non-hydrogen) atoms. The van der Waals surface area contributed by atoms with Crippen molar-refractivity contribution in [3.8, 4) is 11.4 Å². The molecule has 0 saturated heterocycles. The molecule has 0 radical (unpaired) electrons. The minimum atomic E-state index is -0.247. The molecule has 0 fully saturated rings. The quantitative estimate of drug-likeness (QED) is 0.720. The maximum atomic E-state index is 12.3. The van der Waals surface area contributed by atoms with E-state index in [1.165, 1.54) is 8.97 Å². The van der Waals surface area contributed by atoms with E-state index in [9.17, 15) is 4.79 Å². The molecule has 1 N–H and O–H groups in total. The van der Waals surface area contributed by atoms with Crippen LogP contribution in [0, 0.1) is 4.77 Å². The van der Waals surface area contributed by atoms with Gasteiger partial charge in [-0.25, -0.2) is 0 Å². The minimum Gasteiger partial charge on any atom is -0.497 e. The van der Waals surface area contributed by atoms with Crippen molar-refractivity contribution in [3.63, 3.8) is 0 Å². The van der Waals surface area contributed by atoms with Gasteiger partial charge in [0.05, 0.1) is 12.8 Å². The summed E-state index contributed by atoms with van der Waals surface area (Å²) in [5.74, 6) is 0.683. The van der Waals surface area contributed by atoms with Crippen LogP contribution in [0.1, 0.15) is 0 Å².